The molecule has 0 radical (unpaired) electrons. The van der Waals surface area contributed by atoms with Crippen LogP contribution in [0.15, 0.2) is 0 Å². The van der Waals surface area contributed by atoms with Gasteiger partial charge in [-0.2, -0.15) is 0 Å². The molecule has 15 heavy (non-hydrogen) atoms. The predicted octanol–water partition coefficient (Wildman–Crippen LogP) is -0.973. The quantitative estimate of drug-likeness (QED) is 0.550. The third kappa shape index (κ3) is 3.39. The maximum Gasteiger partial charge on any atom is 0.312 e. The summed E-state index contributed by atoms with van der Waals surface area (Å²) in [5.74, 6) is -0.189. The van der Waals surface area contributed by atoms with E-state index in [-0.39, 0.29) is 18.6 Å². The van der Waals surface area contributed by atoms with Crippen molar-refractivity contribution in [3.63, 3.8) is 0 Å². The predicted molar refractivity (Wildman–Crippen MR) is 54.0 cm³/mol. The van der Waals surface area contributed by atoms with Crippen molar-refractivity contribution in [2.45, 2.75) is 31.8 Å². The van der Waals surface area contributed by atoms with Crippen LogP contribution < -0.4 is 11.1 Å². The lowest BCUT2D eigenvalue weighted by Gasteiger charge is -2.24. The van der Waals surface area contributed by atoms with Crippen LogP contribution >= 0.6 is 0 Å². The molecule has 1 unspecified atom stereocenters. The molecule has 3 amide bonds. The van der Waals surface area contributed by atoms with Gasteiger partial charge in [-0.05, 0) is 19.8 Å². The Morgan fingerprint density at radius 1 is 1.60 bits per heavy atom. The molecule has 6 nitrogen and oxygen atoms in total. The zero-order chi connectivity index (χ0) is 11.4. The van der Waals surface area contributed by atoms with E-state index in [9.17, 15) is 9.59 Å². The van der Waals surface area contributed by atoms with E-state index in [4.69, 9.17) is 10.8 Å². The van der Waals surface area contributed by atoms with Crippen LogP contribution in [-0.4, -0.2) is 47.2 Å². The van der Waals surface area contributed by atoms with Crippen molar-refractivity contribution in [2.75, 3.05) is 13.2 Å². The number of aliphatic hydroxyl groups excluding tert-OH is 1. The van der Waals surface area contributed by atoms with Gasteiger partial charge < -0.3 is 21.1 Å². The molecule has 1 atom stereocenters. The minimum Gasteiger partial charge on any atom is -0.395 e. The molecule has 1 saturated carbocycles. The van der Waals surface area contributed by atoms with E-state index in [1.807, 2.05) is 0 Å². The normalized spacial score (nSPS) is 16.9. The number of nitrogens with two attached hydrogens (primary N) is 1. The maximum atomic E-state index is 11.8. The molecule has 86 valence electrons. The van der Waals surface area contributed by atoms with Crippen molar-refractivity contribution in [3.8, 4) is 0 Å². The average Bonchev–Trinajstić information content (AvgIpc) is 2.95. The molecule has 1 rings (SSSR count). The highest BCUT2D eigenvalue weighted by molar-refractivity contribution is 5.86. The summed E-state index contributed by atoms with van der Waals surface area (Å²) in [6.45, 7) is 1.83. The molecule has 0 aromatic heterocycles. The highest BCUT2D eigenvalue weighted by Gasteiger charge is 2.34. The molecular formula is C9H17N3O3. The largest absolute Gasteiger partial charge is 0.395 e. The number of urea groups is 1. The molecule has 4 N–H and O–H groups in total. The highest BCUT2D eigenvalue weighted by Crippen LogP contribution is 2.26. The van der Waals surface area contributed by atoms with Gasteiger partial charge in [-0.15, -0.1) is 0 Å². The van der Waals surface area contributed by atoms with Gasteiger partial charge in [-0.3, -0.25) is 4.79 Å². The van der Waals surface area contributed by atoms with Crippen LogP contribution in [0.1, 0.15) is 19.8 Å². The van der Waals surface area contributed by atoms with E-state index in [1.54, 1.807) is 11.8 Å². The number of aliphatic hydroxyl groups is 1. The van der Waals surface area contributed by atoms with Crippen LogP contribution in [0.4, 0.5) is 4.79 Å². The highest BCUT2D eigenvalue weighted by atomic mass is 16.3. The van der Waals surface area contributed by atoms with Crippen LogP contribution in [-0.2, 0) is 4.79 Å². The van der Waals surface area contributed by atoms with Gasteiger partial charge in [0.2, 0.25) is 5.91 Å². The SMILES string of the molecule is CC(NC(N)=O)C(=O)N(CCO)C1CC1. The van der Waals surface area contributed by atoms with Crippen molar-refractivity contribution < 1.29 is 14.7 Å². The van der Waals surface area contributed by atoms with Gasteiger partial charge in [0, 0.05) is 12.6 Å². The molecule has 0 saturated heterocycles. The van der Waals surface area contributed by atoms with Crippen LogP contribution in [0.2, 0.25) is 0 Å². The van der Waals surface area contributed by atoms with Gasteiger partial charge in [0.25, 0.3) is 0 Å². The molecule has 0 aromatic carbocycles. The van der Waals surface area contributed by atoms with Crippen LogP contribution in [0.3, 0.4) is 0 Å². The lowest BCUT2D eigenvalue weighted by molar-refractivity contribution is -0.133. The lowest BCUT2D eigenvalue weighted by Crippen LogP contribution is -2.49. The summed E-state index contributed by atoms with van der Waals surface area (Å²) in [5, 5.41) is 11.2. The minimum atomic E-state index is -0.712. The Labute approximate surface area is 88.4 Å². The van der Waals surface area contributed by atoms with Crippen LogP contribution in [0.5, 0.6) is 0 Å². The summed E-state index contributed by atoms with van der Waals surface area (Å²) in [5.41, 5.74) is 4.93. The summed E-state index contributed by atoms with van der Waals surface area (Å²) in [7, 11) is 0. The Balaban J connectivity index is 2.50. The molecular weight excluding hydrogens is 198 g/mol. The fourth-order valence-corrected chi connectivity index (χ4v) is 1.49. The summed E-state index contributed by atoms with van der Waals surface area (Å²) in [6, 6.07) is -1.12. The Bertz CT molecular complexity index is 253. The van der Waals surface area contributed by atoms with Gasteiger partial charge in [-0.25, -0.2) is 4.79 Å². The van der Waals surface area contributed by atoms with E-state index in [0.717, 1.165) is 12.8 Å². The van der Waals surface area contributed by atoms with Crippen molar-refractivity contribution in [2.24, 2.45) is 5.73 Å². The van der Waals surface area contributed by atoms with E-state index >= 15 is 0 Å². The zero-order valence-corrected chi connectivity index (χ0v) is 8.77. The Morgan fingerprint density at radius 2 is 2.20 bits per heavy atom. The third-order valence-corrected chi connectivity index (χ3v) is 2.34. The zero-order valence-electron chi connectivity index (χ0n) is 8.77. The molecule has 1 fully saturated rings. The number of rotatable bonds is 5. The first-order valence-corrected chi connectivity index (χ1v) is 5.03. The first-order valence-electron chi connectivity index (χ1n) is 5.03. The molecule has 0 heterocycles. The first kappa shape index (κ1) is 11.8. The minimum absolute atomic E-state index is 0.0640. The molecule has 0 aromatic rings. The number of hydrogen-bond acceptors (Lipinski definition) is 3. The van der Waals surface area contributed by atoms with Crippen molar-refractivity contribution in [3.05, 3.63) is 0 Å². The molecule has 1 aliphatic carbocycles. The maximum absolute atomic E-state index is 11.8. The second kappa shape index (κ2) is 4.97. The summed E-state index contributed by atoms with van der Waals surface area (Å²) in [4.78, 5) is 24.0. The van der Waals surface area contributed by atoms with Crippen molar-refractivity contribution in [1.82, 2.24) is 10.2 Å². The van der Waals surface area contributed by atoms with E-state index in [1.165, 1.54) is 0 Å². The number of nitrogens with zero attached hydrogens (tertiary/aromatic N) is 1. The van der Waals surface area contributed by atoms with Crippen molar-refractivity contribution >= 4 is 11.9 Å². The van der Waals surface area contributed by atoms with Gasteiger partial charge in [0.15, 0.2) is 0 Å². The number of nitrogens with one attached hydrogen (secondary N) is 1. The fraction of sp³-hybridized carbons (Fsp3) is 0.778. The summed E-state index contributed by atoms with van der Waals surface area (Å²) < 4.78 is 0. The Hall–Kier alpha value is -1.30. The second-order valence-electron chi connectivity index (χ2n) is 3.72. The molecule has 6 heteroatoms. The molecule has 1 aliphatic rings. The van der Waals surface area contributed by atoms with E-state index < -0.39 is 12.1 Å². The van der Waals surface area contributed by atoms with Gasteiger partial charge >= 0.3 is 6.03 Å². The van der Waals surface area contributed by atoms with E-state index in [2.05, 4.69) is 5.32 Å². The monoisotopic (exact) mass is 215 g/mol. The molecule has 0 aliphatic heterocycles. The number of primary amides is 1. The second-order valence-corrected chi connectivity index (χ2v) is 3.72. The van der Waals surface area contributed by atoms with E-state index in [0.29, 0.717) is 6.54 Å². The lowest BCUT2D eigenvalue weighted by atomic mass is 10.2. The summed E-state index contributed by atoms with van der Waals surface area (Å²) >= 11 is 0. The fourth-order valence-electron chi connectivity index (χ4n) is 1.49. The topological polar surface area (TPSA) is 95.7 Å². The summed E-state index contributed by atoms with van der Waals surface area (Å²) in [6.07, 6.45) is 1.93. The van der Waals surface area contributed by atoms with Crippen LogP contribution in [0.25, 0.3) is 0 Å². The van der Waals surface area contributed by atoms with Crippen LogP contribution in [0, 0.1) is 0 Å². The number of carbonyl (C=O) groups excluding carboxylic acids is 2. The standard InChI is InChI=1S/C9H17N3O3/c1-6(11-9(10)15)8(14)12(4-5-13)7-2-3-7/h6-7,13H,2-5H2,1H3,(H3,10,11,15). The number of amides is 3. The van der Waals surface area contributed by atoms with Gasteiger partial charge in [-0.1, -0.05) is 0 Å². The van der Waals surface area contributed by atoms with Crippen molar-refractivity contribution in [1.29, 1.82) is 0 Å². The third-order valence-electron chi connectivity index (χ3n) is 2.34. The number of hydrogen-bond donors (Lipinski definition) is 3. The first-order chi connectivity index (χ1) is 7.06. The Morgan fingerprint density at radius 3 is 2.60 bits per heavy atom. The smallest absolute Gasteiger partial charge is 0.312 e. The Kier molecular flexibility index (Phi) is 3.90. The molecule has 0 bridgehead atoms. The molecule has 0 spiro atoms. The average molecular weight is 215 g/mol. The number of carbonyl (C=O) groups is 2. The van der Waals surface area contributed by atoms with Gasteiger partial charge in [0.1, 0.15) is 6.04 Å². The van der Waals surface area contributed by atoms with Gasteiger partial charge in [0.05, 0.1) is 6.61 Å².